The Hall–Kier alpha value is -2.05. The summed E-state index contributed by atoms with van der Waals surface area (Å²) in [6, 6.07) is 13.0. The van der Waals surface area contributed by atoms with Crippen molar-refractivity contribution in [1.82, 2.24) is 4.31 Å². The first-order valence-corrected chi connectivity index (χ1v) is 8.33. The maximum absolute atomic E-state index is 12.8. The molecule has 0 aromatic heterocycles. The molecule has 0 aliphatic carbocycles. The molecular formula is C17H18FN3OS. The zero-order chi connectivity index (χ0) is 16.1. The normalized spacial score (nSPS) is 14.7. The SMILES string of the molecule is O=C(Nc1ccc(F)cc1)Nc1ccc(SN2CCCC2)cc1. The number of nitrogens with one attached hydrogen (secondary N) is 2. The van der Waals surface area contributed by atoms with Gasteiger partial charge in [-0.2, -0.15) is 0 Å². The lowest BCUT2D eigenvalue weighted by Gasteiger charge is -2.13. The minimum atomic E-state index is -0.350. The topological polar surface area (TPSA) is 44.4 Å². The fourth-order valence-corrected chi connectivity index (χ4v) is 3.35. The molecule has 6 heteroatoms. The van der Waals surface area contributed by atoms with Crippen molar-refractivity contribution in [3.8, 4) is 0 Å². The summed E-state index contributed by atoms with van der Waals surface area (Å²) in [5.41, 5.74) is 1.26. The van der Waals surface area contributed by atoms with Gasteiger partial charge in [-0.05, 0) is 73.3 Å². The van der Waals surface area contributed by atoms with Crippen molar-refractivity contribution in [1.29, 1.82) is 0 Å². The second-order valence-corrected chi connectivity index (χ2v) is 6.51. The molecule has 0 saturated carbocycles. The van der Waals surface area contributed by atoms with Crippen molar-refractivity contribution in [2.45, 2.75) is 17.7 Å². The number of amides is 2. The van der Waals surface area contributed by atoms with Gasteiger partial charge in [0.15, 0.2) is 0 Å². The minimum absolute atomic E-state index is 0.331. The number of carbonyl (C=O) groups excluding carboxylic acids is 1. The van der Waals surface area contributed by atoms with Crippen LogP contribution >= 0.6 is 11.9 Å². The summed E-state index contributed by atoms with van der Waals surface area (Å²) in [5.74, 6) is -0.331. The maximum atomic E-state index is 12.8. The Labute approximate surface area is 139 Å². The summed E-state index contributed by atoms with van der Waals surface area (Å²) in [5, 5.41) is 5.42. The van der Waals surface area contributed by atoms with Crippen molar-refractivity contribution in [2.24, 2.45) is 0 Å². The van der Waals surface area contributed by atoms with Crippen LogP contribution in [0.25, 0.3) is 0 Å². The number of nitrogens with zero attached hydrogens (tertiary/aromatic N) is 1. The highest BCUT2D eigenvalue weighted by atomic mass is 32.2. The van der Waals surface area contributed by atoms with Gasteiger partial charge in [-0.1, -0.05) is 0 Å². The lowest BCUT2D eigenvalue weighted by molar-refractivity contribution is 0.262. The molecule has 120 valence electrons. The lowest BCUT2D eigenvalue weighted by Crippen LogP contribution is -2.19. The molecule has 4 nitrogen and oxygen atoms in total. The molecular weight excluding hydrogens is 313 g/mol. The van der Waals surface area contributed by atoms with Crippen LogP contribution in [0.2, 0.25) is 0 Å². The van der Waals surface area contributed by atoms with Crippen molar-refractivity contribution in [3.63, 3.8) is 0 Å². The second-order valence-electron chi connectivity index (χ2n) is 5.34. The van der Waals surface area contributed by atoms with Crippen LogP contribution in [0.1, 0.15) is 12.8 Å². The average Bonchev–Trinajstić information content (AvgIpc) is 3.04. The molecule has 1 aliphatic rings. The first kappa shape index (κ1) is 15.8. The van der Waals surface area contributed by atoms with Gasteiger partial charge >= 0.3 is 6.03 Å². The predicted octanol–water partition coefficient (Wildman–Crippen LogP) is 4.57. The van der Waals surface area contributed by atoms with E-state index in [0.717, 1.165) is 23.7 Å². The Morgan fingerprint density at radius 3 is 2.00 bits per heavy atom. The largest absolute Gasteiger partial charge is 0.323 e. The van der Waals surface area contributed by atoms with Gasteiger partial charge in [0.2, 0.25) is 0 Å². The van der Waals surface area contributed by atoms with Crippen LogP contribution < -0.4 is 10.6 Å². The quantitative estimate of drug-likeness (QED) is 0.807. The minimum Gasteiger partial charge on any atom is -0.308 e. The number of halogens is 1. The second kappa shape index (κ2) is 7.48. The lowest BCUT2D eigenvalue weighted by atomic mass is 10.3. The van der Waals surface area contributed by atoms with Gasteiger partial charge in [0.1, 0.15) is 5.82 Å². The van der Waals surface area contributed by atoms with E-state index in [1.165, 1.54) is 37.1 Å². The number of anilines is 2. The molecule has 0 radical (unpaired) electrons. The molecule has 2 N–H and O–H groups in total. The predicted molar refractivity (Wildman–Crippen MR) is 92.1 cm³/mol. The third-order valence-electron chi connectivity index (χ3n) is 3.51. The molecule has 0 spiro atoms. The molecule has 23 heavy (non-hydrogen) atoms. The summed E-state index contributed by atoms with van der Waals surface area (Å²) in [6.45, 7) is 2.26. The van der Waals surface area contributed by atoms with E-state index in [1.807, 2.05) is 24.3 Å². The molecule has 1 aliphatic heterocycles. The number of hydrogen-bond acceptors (Lipinski definition) is 3. The first-order chi connectivity index (χ1) is 11.2. The maximum Gasteiger partial charge on any atom is 0.323 e. The zero-order valence-electron chi connectivity index (χ0n) is 12.6. The van der Waals surface area contributed by atoms with Crippen LogP contribution in [0.15, 0.2) is 53.4 Å². The Morgan fingerprint density at radius 1 is 0.913 bits per heavy atom. The van der Waals surface area contributed by atoms with Crippen LogP contribution in [0.3, 0.4) is 0 Å². The van der Waals surface area contributed by atoms with Crippen molar-refractivity contribution >= 4 is 29.4 Å². The Morgan fingerprint density at radius 2 is 1.43 bits per heavy atom. The van der Waals surface area contributed by atoms with Crippen LogP contribution in [-0.4, -0.2) is 23.4 Å². The third kappa shape index (κ3) is 4.71. The molecule has 3 rings (SSSR count). The summed E-state index contributed by atoms with van der Waals surface area (Å²) in [4.78, 5) is 13.1. The number of benzene rings is 2. The van der Waals surface area contributed by atoms with Crippen LogP contribution in [0.5, 0.6) is 0 Å². The monoisotopic (exact) mass is 331 g/mol. The summed E-state index contributed by atoms with van der Waals surface area (Å²) in [7, 11) is 0. The van der Waals surface area contributed by atoms with E-state index in [1.54, 1.807) is 11.9 Å². The van der Waals surface area contributed by atoms with Crippen molar-refractivity contribution in [2.75, 3.05) is 23.7 Å². The molecule has 1 heterocycles. The molecule has 2 amide bonds. The van der Waals surface area contributed by atoms with E-state index in [4.69, 9.17) is 0 Å². The number of carbonyl (C=O) groups is 1. The Kier molecular flexibility index (Phi) is 5.15. The molecule has 1 fully saturated rings. The van der Waals surface area contributed by atoms with Gasteiger partial charge in [-0.25, -0.2) is 13.5 Å². The van der Waals surface area contributed by atoms with E-state index in [-0.39, 0.29) is 11.8 Å². The zero-order valence-corrected chi connectivity index (χ0v) is 13.4. The van der Waals surface area contributed by atoms with Crippen LogP contribution in [0, 0.1) is 5.82 Å². The molecule has 1 saturated heterocycles. The number of hydrogen-bond donors (Lipinski definition) is 2. The van der Waals surface area contributed by atoms with Crippen molar-refractivity contribution < 1.29 is 9.18 Å². The Balaban J connectivity index is 1.52. The molecule has 2 aromatic rings. The molecule has 0 bridgehead atoms. The van der Waals surface area contributed by atoms with Gasteiger partial charge in [-0.3, -0.25) is 0 Å². The van der Waals surface area contributed by atoms with E-state index in [2.05, 4.69) is 14.9 Å². The van der Waals surface area contributed by atoms with Gasteiger partial charge in [0.05, 0.1) is 0 Å². The van der Waals surface area contributed by atoms with Gasteiger partial charge in [0.25, 0.3) is 0 Å². The fourth-order valence-electron chi connectivity index (χ4n) is 2.35. The first-order valence-electron chi connectivity index (χ1n) is 7.55. The highest BCUT2D eigenvalue weighted by Gasteiger charge is 2.12. The summed E-state index contributed by atoms with van der Waals surface area (Å²) >= 11 is 1.75. The third-order valence-corrected chi connectivity index (χ3v) is 4.62. The molecule has 0 unspecified atom stereocenters. The van der Waals surface area contributed by atoms with Gasteiger partial charge < -0.3 is 10.6 Å². The van der Waals surface area contributed by atoms with E-state index < -0.39 is 0 Å². The molecule has 2 aromatic carbocycles. The van der Waals surface area contributed by atoms with Crippen molar-refractivity contribution in [3.05, 3.63) is 54.3 Å². The van der Waals surface area contributed by atoms with Crippen LogP contribution in [0.4, 0.5) is 20.6 Å². The number of rotatable bonds is 4. The standard InChI is InChI=1S/C17H18FN3OS/c18-13-3-5-14(6-4-13)19-17(22)20-15-7-9-16(10-8-15)23-21-11-1-2-12-21/h3-10H,1-2,11-12H2,(H2,19,20,22). The van der Waals surface area contributed by atoms with E-state index in [0.29, 0.717) is 5.69 Å². The number of urea groups is 1. The Bertz CT molecular complexity index is 655. The van der Waals surface area contributed by atoms with E-state index in [9.17, 15) is 9.18 Å². The molecule has 0 atom stereocenters. The van der Waals surface area contributed by atoms with Crippen LogP contribution in [-0.2, 0) is 0 Å². The summed E-state index contributed by atoms with van der Waals surface area (Å²) in [6.07, 6.45) is 2.52. The van der Waals surface area contributed by atoms with Gasteiger partial charge in [0, 0.05) is 29.4 Å². The fraction of sp³-hybridized carbons (Fsp3) is 0.235. The highest BCUT2D eigenvalue weighted by molar-refractivity contribution is 7.97. The highest BCUT2D eigenvalue weighted by Crippen LogP contribution is 2.27. The van der Waals surface area contributed by atoms with E-state index >= 15 is 0 Å². The van der Waals surface area contributed by atoms with Gasteiger partial charge in [-0.15, -0.1) is 0 Å². The average molecular weight is 331 g/mol. The summed E-state index contributed by atoms with van der Waals surface area (Å²) < 4.78 is 15.2. The smallest absolute Gasteiger partial charge is 0.308 e.